The average Bonchev–Trinajstić information content (AvgIpc) is 2.68. The van der Waals surface area contributed by atoms with Gasteiger partial charge in [0.15, 0.2) is 0 Å². The number of piperazine rings is 1. The maximum absolute atomic E-state index is 13.0. The van der Waals surface area contributed by atoms with Gasteiger partial charge in [-0.05, 0) is 36.9 Å². The molecule has 1 aliphatic rings. The molecule has 0 saturated carbocycles. The minimum Gasteiger partial charge on any atom is -0.481 e. The number of carboxylic acids is 1. The van der Waals surface area contributed by atoms with Crippen molar-refractivity contribution in [3.63, 3.8) is 0 Å². The standard InChI is InChI=1S/C18H21N3O5S/c1-20-5-7-21(8-6-20)27(24,25)16-10-14(9-15(11-16)18(22)23)13-3-4-17(26-2)19-12-13/h3-4,9-12H,5-8H2,1-2H3,(H,22,23). The molecular formula is C18H21N3O5S. The fourth-order valence-corrected chi connectivity index (χ4v) is 4.38. The van der Waals surface area contributed by atoms with Gasteiger partial charge in [0.05, 0.1) is 17.6 Å². The van der Waals surface area contributed by atoms with Crippen molar-refractivity contribution < 1.29 is 23.1 Å². The van der Waals surface area contributed by atoms with Crippen LogP contribution in [0.2, 0.25) is 0 Å². The normalized spacial score (nSPS) is 16.2. The summed E-state index contributed by atoms with van der Waals surface area (Å²) < 4.78 is 32.5. The van der Waals surface area contributed by atoms with E-state index in [2.05, 4.69) is 4.98 Å². The molecule has 1 fully saturated rings. The van der Waals surface area contributed by atoms with Gasteiger partial charge in [0, 0.05) is 44.0 Å². The number of carboxylic acid groups (broad SMARTS) is 1. The fraction of sp³-hybridized carbons (Fsp3) is 0.333. The Hall–Kier alpha value is -2.49. The van der Waals surface area contributed by atoms with Gasteiger partial charge in [0.1, 0.15) is 0 Å². The van der Waals surface area contributed by atoms with Crippen LogP contribution in [0.5, 0.6) is 5.88 Å². The van der Waals surface area contributed by atoms with E-state index in [9.17, 15) is 18.3 Å². The molecule has 1 saturated heterocycles. The lowest BCUT2D eigenvalue weighted by Crippen LogP contribution is -2.47. The van der Waals surface area contributed by atoms with E-state index in [0.29, 0.717) is 43.2 Å². The number of nitrogens with zero attached hydrogens (tertiary/aromatic N) is 3. The predicted molar refractivity (Wildman–Crippen MR) is 99.4 cm³/mol. The second-order valence-electron chi connectivity index (χ2n) is 6.35. The Labute approximate surface area is 158 Å². The minimum atomic E-state index is -3.79. The van der Waals surface area contributed by atoms with E-state index in [1.54, 1.807) is 12.1 Å². The molecule has 8 nitrogen and oxygen atoms in total. The van der Waals surface area contributed by atoms with Crippen LogP contribution < -0.4 is 4.74 Å². The van der Waals surface area contributed by atoms with E-state index in [1.807, 2.05) is 11.9 Å². The van der Waals surface area contributed by atoms with Crippen molar-refractivity contribution in [2.45, 2.75) is 4.90 Å². The molecule has 0 radical (unpaired) electrons. The third kappa shape index (κ3) is 4.10. The molecule has 0 amide bonds. The molecule has 1 aliphatic heterocycles. The van der Waals surface area contributed by atoms with Crippen LogP contribution in [-0.4, -0.2) is 74.0 Å². The lowest BCUT2D eigenvalue weighted by molar-refractivity contribution is 0.0696. The van der Waals surface area contributed by atoms with Crippen LogP contribution in [0.1, 0.15) is 10.4 Å². The van der Waals surface area contributed by atoms with Crippen molar-refractivity contribution in [2.24, 2.45) is 0 Å². The van der Waals surface area contributed by atoms with Crippen molar-refractivity contribution in [1.82, 2.24) is 14.2 Å². The molecule has 0 atom stereocenters. The molecular weight excluding hydrogens is 370 g/mol. The number of methoxy groups -OCH3 is 1. The minimum absolute atomic E-state index is 0.0298. The highest BCUT2D eigenvalue weighted by Gasteiger charge is 2.28. The van der Waals surface area contributed by atoms with E-state index in [4.69, 9.17) is 4.74 Å². The maximum Gasteiger partial charge on any atom is 0.335 e. The molecule has 1 aromatic heterocycles. The Bertz CT molecular complexity index is 936. The first-order valence-electron chi connectivity index (χ1n) is 8.39. The van der Waals surface area contributed by atoms with E-state index < -0.39 is 16.0 Å². The largest absolute Gasteiger partial charge is 0.481 e. The summed E-state index contributed by atoms with van der Waals surface area (Å²) in [6.45, 7) is 2.01. The Balaban J connectivity index is 2.04. The lowest BCUT2D eigenvalue weighted by Gasteiger charge is -2.31. The first-order valence-corrected chi connectivity index (χ1v) is 9.83. The molecule has 0 bridgehead atoms. The topological polar surface area (TPSA) is 100 Å². The number of hydrogen-bond acceptors (Lipinski definition) is 6. The van der Waals surface area contributed by atoms with Gasteiger partial charge in [0.25, 0.3) is 0 Å². The first-order chi connectivity index (χ1) is 12.8. The molecule has 1 N–H and O–H groups in total. The van der Waals surface area contributed by atoms with E-state index in [0.717, 1.165) is 0 Å². The second-order valence-corrected chi connectivity index (χ2v) is 8.29. The van der Waals surface area contributed by atoms with Crippen molar-refractivity contribution in [2.75, 3.05) is 40.3 Å². The lowest BCUT2D eigenvalue weighted by atomic mass is 10.0. The van der Waals surface area contributed by atoms with Gasteiger partial charge in [-0.15, -0.1) is 0 Å². The molecule has 0 spiro atoms. The Morgan fingerprint density at radius 2 is 1.81 bits per heavy atom. The zero-order valence-corrected chi connectivity index (χ0v) is 15.9. The zero-order chi connectivity index (χ0) is 19.6. The molecule has 144 valence electrons. The number of aromatic nitrogens is 1. The highest BCUT2D eigenvalue weighted by molar-refractivity contribution is 7.89. The van der Waals surface area contributed by atoms with Gasteiger partial charge in [0.2, 0.25) is 15.9 Å². The van der Waals surface area contributed by atoms with Gasteiger partial charge >= 0.3 is 5.97 Å². The Morgan fingerprint density at radius 3 is 2.37 bits per heavy atom. The number of hydrogen-bond donors (Lipinski definition) is 1. The molecule has 3 rings (SSSR count). The summed E-state index contributed by atoms with van der Waals surface area (Å²) >= 11 is 0. The quantitative estimate of drug-likeness (QED) is 0.822. The molecule has 0 aliphatic carbocycles. The summed E-state index contributed by atoms with van der Waals surface area (Å²) in [6.07, 6.45) is 1.52. The summed E-state index contributed by atoms with van der Waals surface area (Å²) in [4.78, 5) is 17.7. The van der Waals surface area contributed by atoms with Crippen molar-refractivity contribution in [3.8, 4) is 17.0 Å². The van der Waals surface area contributed by atoms with E-state index >= 15 is 0 Å². The third-order valence-electron chi connectivity index (χ3n) is 4.53. The van der Waals surface area contributed by atoms with Crippen LogP contribution in [-0.2, 0) is 10.0 Å². The van der Waals surface area contributed by atoms with E-state index in [1.165, 1.54) is 35.8 Å². The SMILES string of the molecule is COc1ccc(-c2cc(C(=O)O)cc(S(=O)(=O)N3CCN(C)CC3)c2)cn1. The third-order valence-corrected chi connectivity index (χ3v) is 6.41. The predicted octanol–water partition coefficient (Wildman–Crippen LogP) is 1.39. The van der Waals surface area contributed by atoms with Crippen molar-refractivity contribution in [3.05, 3.63) is 42.1 Å². The fourth-order valence-electron chi connectivity index (χ4n) is 2.89. The summed E-state index contributed by atoms with van der Waals surface area (Å²) in [5, 5.41) is 9.42. The zero-order valence-electron chi connectivity index (χ0n) is 15.1. The monoisotopic (exact) mass is 391 g/mol. The smallest absolute Gasteiger partial charge is 0.335 e. The van der Waals surface area contributed by atoms with E-state index in [-0.39, 0.29) is 10.5 Å². The van der Waals surface area contributed by atoms with Crippen LogP contribution in [0.3, 0.4) is 0 Å². The second kappa shape index (κ2) is 7.63. The number of aromatic carboxylic acids is 1. The number of ether oxygens (including phenoxy) is 1. The number of carbonyl (C=O) groups is 1. The summed E-state index contributed by atoms with van der Waals surface area (Å²) in [7, 11) is -0.358. The van der Waals surface area contributed by atoms with Gasteiger partial charge in [-0.25, -0.2) is 18.2 Å². The number of sulfonamides is 1. The average molecular weight is 391 g/mol. The van der Waals surface area contributed by atoms with Gasteiger partial charge < -0.3 is 14.7 Å². The number of likely N-dealkylation sites (N-methyl/N-ethyl adjacent to an activating group) is 1. The number of benzene rings is 1. The summed E-state index contributed by atoms with van der Waals surface area (Å²) in [6, 6.07) is 7.48. The highest BCUT2D eigenvalue weighted by atomic mass is 32.2. The maximum atomic E-state index is 13.0. The molecule has 2 aromatic rings. The number of pyridine rings is 1. The van der Waals surface area contributed by atoms with Gasteiger partial charge in [-0.1, -0.05) is 0 Å². The first kappa shape index (κ1) is 19.3. The number of rotatable bonds is 5. The van der Waals surface area contributed by atoms with Gasteiger partial charge in [-0.2, -0.15) is 4.31 Å². The Kier molecular flexibility index (Phi) is 5.45. The van der Waals surface area contributed by atoms with Crippen molar-refractivity contribution in [1.29, 1.82) is 0 Å². The highest BCUT2D eigenvalue weighted by Crippen LogP contribution is 2.27. The summed E-state index contributed by atoms with van der Waals surface area (Å²) in [5.74, 6) is -0.772. The molecule has 27 heavy (non-hydrogen) atoms. The molecule has 2 heterocycles. The van der Waals surface area contributed by atoms with Crippen LogP contribution in [0.25, 0.3) is 11.1 Å². The molecule has 1 aromatic carbocycles. The summed E-state index contributed by atoms with van der Waals surface area (Å²) in [5.41, 5.74) is 0.988. The molecule has 9 heteroatoms. The van der Waals surface area contributed by atoms with Crippen LogP contribution in [0, 0.1) is 0 Å². The molecule has 0 unspecified atom stereocenters. The van der Waals surface area contributed by atoms with Gasteiger partial charge in [-0.3, -0.25) is 0 Å². The van der Waals surface area contributed by atoms with Crippen LogP contribution in [0.15, 0.2) is 41.4 Å². The van der Waals surface area contributed by atoms with Crippen LogP contribution >= 0.6 is 0 Å². The van der Waals surface area contributed by atoms with Crippen molar-refractivity contribution >= 4 is 16.0 Å². The Morgan fingerprint density at radius 1 is 1.11 bits per heavy atom. The van der Waals surface area contributed by atoms with Crippen LogP contribution in [0.4, 0.5) is 0 Å².